The molecule has 0 N–H and O–H groups in total. The third-order valence-electron chi connectivity index (χ3n) is 5.62. The summed E-state index contributed by atoms with van der Waals surface area (Å²) in [6.45, 7) is 16.9. The molecule has 4 nitrogen and oxygen atoms in total. The van der Waals surface area contributed by atoms with Crippen LogP contribution in [0.2, 0.25) is 0 Å². The van der Waals surface area contributed by atoms with Crippen LogP contribution < -0.4 is 0 Å². The summed E-state index contributed by atoms with van der Waals surface area (Å²) in [6.07, 6.45) is 5.43. The monoisotopic (exact) mass is 354 g/mol. The van der Waals surface area contributed by atoms with Crippen LogP contribution in [0, 0.1) is 0 Å². The van der Waals surface area contributed by atoms with Gasteiger partial charge in [-0.2, -0.15) is 0 Å². The van der Waals surface area contributed by atoms with Gasteiger partial charge in [0, 0.05) is 37.0 Å². The van der Waals surface area contributed by atoms with E-state index in [4.69, 9.17) is 0 Å². The average Bonchev–Trinajstić information content (AvgIpc) is 2.60. The highest BCUT2D eigenvalue weighted by Gasteiger charge is 2.25. The number of amides is 2. The number of hydrogen-bond donors (Lipinski definition) is 0. The van der Waals surface area contributed by atoms with Crippen molar-refractivity contribution in [1.82, 2.24) is 9.80 Å². The molecule has 4 atom stereocenters. The Labute approximate surface area is 156 Å². The van der Waals surface area contributed by atoms with E-state index < -0.39 is 0 Å². The maximum absolute atomic E-state index is 12.7. The first-order chi connectivity index (χ1) is 11.7. The Balaban J connectivity index is 4.74. The Morgan fingerprint density at radius 2 is 0.840 bits per heavy atom. The molecule has 0 aromatic carbocycles. The number of nitrogens with zero attached hydrogens (tertiary/aromatic N) is 2. The molecule has 2 amide bonds. The minimum Gasteiger partial charge on any atom is -0.337 e. The molecule has 0 aliphatic rings. The minimum atomic E-state index is 0.190. The summed E-state index contributed by atoms with van der Waals surface area (Å²) in [6, 6.07) is 1.04. The Hall–Kier alpha value is -1.06. The van der Waals surface area contributed by atoms with E-state index in [9.17, 15) is 9.59 Å². The van der Waals surface area contributed by atoms with E-state index in [2.05, 4.69) is 55.4 Å². The van der Waals surface area contributed by atoms with Crippen LogP contribution in [0.25, 0.3) is 0 Å². The van der Waals surface area contributed by atoms with Gasteiger partial charge in [0.25, 0.3) is 0 Å². The molecule has 0 fully saturated rings. The predicted molar refractivity (Wildman–Crippen MR) is 107 cm³/mol. The van der Waals surface area contributed by atoms with E-state index in [1.165, 1.54) is 0 Å². The summed E-state index contributed by atoms with van der Waals surface area (Å²) in [5.74, 6) is 0.380. The molecule has 4 unspecified atom stereocenters. The van der Waals surface area contributed by atoms with Crippen LogP contribution >= 0.6 is 0 Å². The standard InChI is InChI=1S/C21H42N2O2/c1-9-16(5)22(17(6)10-2)20(24)14-13-15-21(25)23(18(7)11-3)19(8)12-4/h16-19H,9-15H2,1-8H3. The third kappa shape index (κ3) is 7.37. The lowest BCUT2D eigenvalue weighted by Crippen LogP contribution is -2.45. The van der Waals surface area contributed by atoms with Crippen molar-refractivity contribution in [3.8, 4) is 0 Å². The van der Waals surface area contributed by atoms with Gasteiger partial charge in [0.1, 0.15) is 0 Å². The zero-order chi connectivity index (χ0) is 19.6. The molecule has 0 aliphatic heterocycles. The molecule has 0 heterocycles. The Morgan fingerprint density at radius 3 is 1.04 bits per heavy atom. The lowest BCUT2D eigenvalue weighted by atomic mass is 10.1. The second kappa shape index (κ2) is 12.3. The van der Waals surface area contributed by atoms with Gasteiger partial charge in [0.05, 0.1) is 0 Å². The van der Waals surface area contributed by atoms with Gasteiger partial charge in [0.2, 0.25) is 11.8 Å². The maximum atomic E-state index is 12.7. The molecule has 0 radical (unpaired) electrons. The second-order valence-electron chi connectivity index (χ2n) is 7.48. The molecule has 0 saturated heterocycles. The number of carbonyl (C=O) groups excluding carboxylic acids is 2. The quantitative estimate of drug-likeness (QED) is 0.494. The first kappa shape index (κ1) is 23.9. The molecule has 0 saturated carbocycles. The Kier molecular flexibility index (Phi) is 11.8. The smallest absolute Gasteiger partial charge is 0.223 e. The highest BCUT2D eigenvalue weighted by Crippen LogP contribution is 2.17. The zero-order valence-corrected chi connectivity index (χ0v) is 18.0. The fourth-order valence-corrected chi connectivity index (χ4v) is 3.29. The summed E-state index contributed by atoms with van der Waals surface area (Å²) >= 11 is 0. The van der Waals surface area contributed by atoms with E-state index in [0.29, 0.717) is 19.3 Å². The molecule has 0 aromatic heterocycles. The second-order valence-corrected chi connectivity index (χ2v) is 7.48. The van der Waals surface area contributed by atoms with Gasteiger partial charge in [-0.1, -0.05) is 27.7 Å². The van der Waals surface area contributed by atoms with Crippen LogP contribution in [0.1, 0.15) is 100 Å². The van der Waals surface area contributed by atoms with Gasteiger partial charge < -0.3 is 9.80 Å². The van der Waals surface area contributed by atoms with Gasteiger partial charge in [-0.15, -0.1) is 0 Å². The highest BCUT2D eigenvalue weighted by atomic mass is 16.2. The molecule has 0 rings (SSSR count). The van der Waals surface area contributed by atoms with Crippen molar-refractivity contribution in [2.24, 2.45) is 0 Å². The van der Waals surface area contributed by atoms with Crippen LogP contribution in [0.15, 0.2) is 0 Å². The van der Waals surface area contributed by atoms with Crippen molar-refractivity contribution in [2.45, 2.75) is 125 Å². The molecular formula is C21H42N2O2. The van der Waals surface area contributed by atoms with Gasteiger partial charge in [-0.3, -0.25) is 9.59 Å². The Bertz CT molecular complexity index is 341. The van der Waals surface area contributed by atoms with Crippen molar-refractivity contribution in [1.29, 1.82) is 0 Å². The Morgan fingerprint density at radius 1 is 0.600 bits per heavy atom. The van der Waals surface area contributed by atoms with E-state index in [-0.39, 0.29) is 36.0 Å². The van der Waals surface area contributed by atoms with Crippen molar-refractivity contribution >= 4 is 11.8 Å². The molecule has 0 bridgehead atoms. The van der Waals surface area contributed by atoms with Crippen molar-refractivity contribution in [3.63, 3.8) is 0 Å². The van der Waals surface area contributed by atoms with Gasteiger partial charge >= 0.3 is 0 Å². The fourth-order valence-electron chi connectivity index (χ4n) is 3.29. The predicted octanol–water partition coefficient (Wildman–Crippen LogP) is 5.01. The molecule has 148 valence electrons. The normalized spacial score (nSPS) is 16.0. The van der Waals surface area contributed by atoms with Crippen LogP contribution in [-0.2, 0) is 9.59 Å². The first-order valence-corrected chi connectivity index (χ1v) is 10.4. The van der Waals surface area contributed by atoms with Crippen LogP contribution in [0.4, 0.5) is 0 Å². The van der Waals surface area contributed by atoms with Gasteiger partial charge in [-0.05, 0) is 59.8 Å². The van der Waals surface area contributed by atoms with Crippen molar-refractivity contribution < 1.29 is 9.59 Å². The number of hydrogen-bond acceptors (Lipinski definition) is 2. The molecule has 0 aromatic rings. The SMILES string of the molecule is CCC(C)N(C(=O)CCCC(=O)N(C(C)CC)C(C)CC)C(C)CC. The lowest BCUT2D eigenvalue weighted by Gasteiger charge is -2.35. The summed E-state index contributed by atoms with van der Waals surface area (Å²) in [7, 11) is 0. The summed E-state index contributed by atoms with van der Waals surface area (Å²) in [5.41, 5.74) is 0. The number of rotatable bonds is 12. The summed E-state index contributed by atoms with van der Waals surface area (Å²) < 4.78 is 0. The highest BCUT2D eigenvalue weighted by molar-refractivity contribution is 5.79. The van der Waals surface area contributed by atoms with Gasteiger partial charge in [0.15, 0.2) is 0 Å². The molecule has 0 spiro atoms. The van der Waals surface area contributed by atoms with Crippen molar-refractivity contribution in [2.75, 3.05) is 0 Å². The topological polar surface area (TPSA) is 40.6 Å². The summed E-state index contributed by atoms with van der Waals surface area (Å²) in [5, 5.41) is 0. The van der Waals surface area contributed by atoms with Crippen molar-refractivity contribution in [3.05, 3.63) is 0 Å². The lowest BCUT2D eigenvalue weighted by molar-refractivity contribution is -0.137. The first-order valence-electron chi connectivity index (χ1n) is 10.4. The van der Waals surface area contributed by atoms with E-state index in [1.54, 1.807) is 0 Å². The average molecular weight is 355 g/mol. The van der Waals surface area contributed by atoms with E-state index >= 15 is 0 Å². The van der Waals surface area contributed by atoms with Crippen LogP contribution in [-0.4, -0.2) is 45.8 Å². The van der Waals surface area contributed by atoms with E-state index in [1.807, 2.05) is 9.80 Å². The van der Waals surface area contributed by atoms with Gasteiger partial charge in [-0.25, -0.2) is 0 Å². The number of carbonyl (C=O) groups is 2. The molecule has 4 heteroatoms. The van der Waals surface area contributed by atoms with Crippen LogP contribution in [0.5, 0.6) is 0 Å². The minimum absolute atomic E-state index is 0.190. The van der Waals surface area contributed by atoms with E-state index in [0.717, 1.165) is 25.7 Å². The molecule has 0 aliphatic carbocycles. The third-order valence-corrected chi connectivity index (χ3v) is 5.62. The molecule has 25 heavy (non-hydrogen) atoms. The molecular weight excluding hydrogens is 312 g/mol. The largest absolute Gasteiger partial charge is 0.337 e. The maximum Gasteiger partial charge on any atom is 0.223 e. The van der Waals surface area contributed by atoms with Crippen LogP contribution in [0.3, 0.4) is 0 Å². The zero-order valence-electron chi connectivity index (χ0n) is 18.0. The summed E-state index contributed by atoms with van der Waals surface area (Å²) in [4.78, 5) is 29.4. The fraction of sp³-hybridized carbons (Fsp3) is 0.905.